The molecule has 0 aliphatic rings. The molecule has 3 nitrogen and oxygen atoms in total. The van der Waals surface area contributed by atoms with E-state index in [0.29, 0.717) is 0 Å². The normalized spacial score (nSPS) is 12.8. The first-order valence-corrected chi connectivity index (χ1v) is 7.00. The molecule has 18 heavy (non-hydrogen) atoms. The lowest BCUT2D eigenvalue weighted by Crippen LogP contribution is -2.52. The zero-order valence-corrected chi connectivity index (χ0v) is 12.8. The Bertz CT molecular complexity index is 361. The molecule has 0 fully saturated rings. The van der Waals surface area contributed by atoms with Crippen LogP contribution in [0.2, 0.25) is 0 Å². The summed E-state index contributed by atoms with van der Waals surface area (Å²) in [6.45, 7) is 4.08. The summed E-state index contributed by atoms with van der Waals surface area (Å²) < 4.78 is 16.4. The van der Waals surface area contributed by atoms with Gasteiger partial charge in [-0.1, -0.05) is 12.1 Å². The fourth-order valence-electron chi connectivity index (χ4n) is 2.20. The molecular weight excluding hydrogens is 248 g/mol. The molecule has 0 amide bonds. The first kappa shape index (κ1) is 15.5. The first-order chi connectivity index (χ1) is 8.47. The van der Waals surface area contributed by atoms with Crippen LogP contribution in [0.15, 0.2) is 29.2 Å². The van der Waals surface area contributed by atoms with E-state index in [1.54, 1.807) is 33.1 Å². The molecule has 0 unspecified atom stereocenters. The summed E-state index contributed by atoms with van der Waals surface area (Å²) in [7, 11) is 4.76. The molecule has 0 N–H and O–H groups in total. The van der Waals surface area contributed by atoms with Crippen LogP contribution in [0.4, 0.5) is 0 Å². The van der Waals surface area contributed by atoms with Crippen molar-refractivity contribution in [2.45, 2.75) is 30.1 Å². The molecule has 0 aliphatic carbocycles. The van der Waals surface area contributed by atoms with Crippen molar-refractivity contribution in [3.05, 3.63) is 29.8 Å². The number of hydrogen-bond acceptors (Lipinski definition) is 4. The first-order valence-electron chi connectivity index (χ1n) is 5.77. The molecular formula is C14H22O3S. The highest BCUT2D eigenvalue weighted by molar-refractivity contribution is 7.98. The van der Waals surface area contributed by atoms with Crippen molar-refractivity contribution >= 4 is 11.8 Å². The molecule has 0 atom stereocenters. The van der Waals surface area contributed by atoms with E-state index in [4.69, 9.17) is 14.2 Å². The van der Waals surface area contributed by atoms with Crippen LogP contribution in [0.5, 0.6) is 0 Å². The zero-order valence-electron chi connectivity index (χ0n) is 11.9. The van der Waals surface area contributed by atoms with Gasteiger partial charge in [0.25, 0.3) is 5.97 Å². The minimum atomic E-state index is -1.09. The third-order valence-corrected chi connectivity index (χ3v) is 4.13. The standard InChI is InChI=1S/C14H22O3S/c1-13(2,14(15-3,16-4)17-5)11-7-9-12(18-6)10-8-11/h7-10H,1-6H3. The zero-order chi connectivity index (χ0) is 13.8. The molecule has 4 heteroatoms. The summed E-state index contributed by atoms with van der Waals surface area (Å²) in [6.07, 6.45) is 2.06. The highest BCUT2D eigenvalue weighted by Crippen LogP contribution is 2.39. The van der Waals surface area contributed by atoms with Crippen LogP contribution in [-0.2, 0) is 19.6 Å². The van der Waals surface area contributed by atoms with Crippen LogP contribution in [0.25, 0.3) is 0 Å². The summed E-state index contributed by atoms with van der Waals surface area (Å²) in [5.41, 5.74) is 0.674. The van der Waals surface area contributed by atoms with E-state index >= 15 is 0 Å². The number of hydrogen-bond donors (Lipinski definition) is 0. The molecule has 1 rings (SSSR count). The van der Waals surface area contributed by atoms with Gasteiger partial charge in [0.05, 0.1) is 5.41 Å². The third-order valence-electron chi connectivity index (χ3n) is 3.38. The van der Waals surface area contributed by atoms with E-state index < -0.39 is 11.4 Å². The molecule has 0 radical (unpaired) electrons. The van der Waals surface area contributed by atoms with Crippen molar-refractivity contribution in [1.82, 2.24) is 0 Å². The maximum Gasteiger partial charge on any atom is 0.291 e. The van der Waals surface area contributed by atoms with Crippen molar-refractivity contribution < 1.29 is 14.2 Å². The van der Waals surface area contributed by atoms with Gasteiger partial charge in [-0.3, -0.25) is 0 Å². The van der Waals surface area contributed by atoms with Crippen LogP contribution >= 0.6 is 11.8 Å². The van der Waals surface area contributed by atoms with Crippen LogP contribution in [0, 0.1) is 0 Å². The lowest BCUT2D eigenvalue weighted by atomic mass is 9.81. The molecule has 0 spiro atoms. The Balaban J connectivity index is 3.17. The predicted octanol–water partition coefficient (Wildman–Crippen LogP) is 3.28. The van der Waals surface area contributed by atoms with Gasteiger partial charge >= 0.3 is 0 Å². The van der Waals surface area contributed by atoms with E-state index in [9.17, 15) is 0 Å². The van der Waals surface area contributed by atoms with E-state index in [0.717, 1.165) is 5.56 Å². The second-order valence-corrected chi connectivity index (χ2v) is 5.40. The Morgan fingerprint density at radius 3 is 1.67 bits per heavy atom. The predicted molar refractivity (Wildman–Crippen MR) is 75.0 cm³/mol. The van der Waals surface area contributed by atoms with Gasteiger partial charge in [0.15, 0.2) is 0 Å². The average Bonchev–Trinajstić information content (AvgIpc) is 2.41. The van der Waals surface area contributed by atoms with Gasteiger partial charge in [-0.2, -0.15) is 0 Å². The maximum atomic E-state index is 5.46. The highest BCUT2D eigenvalue weighted by Gasteiger charge is 2.48. The number of ether oxygens (including phenoxy) is 3. The molecule has 102 valence electrons. The monoisotopic (exact) mass is 270 g/mol. The molecule has 1 aromatic rings. The second-order valence-electron chi connectivity index (χ2n) is 4.52. The van der Waals surface area contributed by atoms with Gasteiger partial charge in [-0.25, -0.2) is 0 Å². The smallest absolute Gasteiger partial charge is 0.291 e. The van der Waals surface area contributed by atoms with Crippen LogP contribution in [-0.4, -0.2) is 33.6 Å². The quantitative estimate of drug-likeness (QED) is 0.585. The van der Waals surface area contributed by atoms with Gasteiger partial charge < -0.3 is 14.2 Å². The van der Waals surface area contributed by atoms with E-state index in [-0.39, 0.29) is 0 Å². The average molecular weight is 270 g/mol. The lowest BCUT2D eigenvalue weighted by molar-refractivity contribution is -0.382. The van der Waals surface area contributed by atoms with Crippen molar-refractivity contribution in [2.24, 2.45) is 0 Å². The summed E-state index contributed by atoms with van der Waals surface area (Å²) >= 11 is 1.72. The Labute approximate surface area is 114 Å². The summed E-state index contributed by atoms with van der Waals surface area (Å²) in [5, 5.41) is 0. The second kappa shape index (κ2) is 6.06. The molecule has 0 saturated carbocycles. The Hall–Kier alpha value is -0.550. The van der Waals surface area contributed by atoms with Gasteiger partial charge in [0, 0.05) is 26.2 Å². The summed E-state index contributed by atoms with van der Waals surface area (Å²) in [6, 6.07) is 8.34. The van der Waals surface area contributed by atoms with Crippen molar-refractivity contribution in [1.29, 1.82) is 0 Å². The molecule has 1 aromatic carbocycles. The molecule has 0 saturated heterocycles. The van der Waals surface area contributed by atoms with Gasteiger partial charge in [-0.05, 0) is 37.8 Å². The fraction of sp³-hybridized carbons (Fsp3) is 0.571. The van der Waals surface area contributed by atoms with E-state index in [1.807, 2.05) is 13.8 Å². The van der Waals surface area contributed by atoms with Gasteiger partial charge in [0.1, 0.15) is 0 Å². The Morgan fingerprint density at radius 1 is 0.889 bits per heavy atom. The minimum Gasteiger partial charge on any atom is -0.330 e. The maximum absolute atomic E-state index is 5.46. The molecule has 0 aromatic heterocycles. The molecule has 0 aliphatic heterocycles. The lowest BCUT2D eigenvalue weighted by Gasteiger charge is -2.42. The largest absolute Gasteiger partial charge is 0.330 e. The van der Waals surface area contributed by atoms with Crippen LogP contribution in [0.1, 0.15) is 19.4 Å². The van der Waals surface area contributed by atoms with E-state index in [2.05, 4.69) is 30.5 Å². The molecule has 0 heterocycles. The van der Waals surface area contributed by atoms with E-state index in [1.165, 1.54) is 4.90 Å². The van der Waals surface area contributed by atoms with Crippen LogP contribution in [0.3, 0.4) is 0 Å². The third kappa shape index (κ3) is 2.57. The molecule has 0 bridgehead atoms. The minimum absolute atomic E-state index is 0.428. The summed E-state index contributed by atoms with van der Waals surface area (Å²) in [4.78, 5) is 1.23. The number of thioether (sulfide) groups is 1. The van der Waals surface area contributed by atoms with Gasteiger partial charge in [-0.15, -0.1) is 11.8 Å². The Kier molecular flexibility index (Phi) is 5.22. The van der Waals surface area contributed by atoms with Crippen molar-refractivity contribution in [3.63, 3.8) is 0 Å². The van der Waals surface area contributed by atoms with Crippen molar-refractivity contribution in [3.8, 4) is 0 Å². The topological polar surface area (TPSA) is 27.7 Å². The van der Waals surface area contributed by atoms with Gasteiger partial charge in [0.2, 0.25) is 0 Å². The van der Waals surface area contributed by atoms with Crippen LogP contribution < -0.4 is 0 Å². The number of methoxy groups -OCH3 is 3. The fourth-order valence-corrected chi connectivity index (χ4v) is 2.61. The Morgan fingerprint density at radius 2 is 1.33 bits per heavy atom. The SMILES string of the molecule is COC(OC)(OC)C(C)(C)c1ccc(SC)cc1. The highest BCUT2D eigenvalue weighted by atomic mass is 32.2. The number of rotatable bonds is 6. The van der Waals surface area contributed by atoms with Crippen molar-refractivity contribution in [2.75, 3.05) is 27.6 Å². The summed E-state index contributed by atoms with van der Waals surface area (Å²) in [5.74, 6) is -1.09. The number of benzene rings is 1.